The number of nitrogens with one attached hydrogen (secondary N) is 2. The Hall–Kier alpha value is -1.55. The van der Waals surface area contributed by atoms with Crippen molar-refractivity contribution in [2.45, 2.75) is 19.3 Å². The van der Waals surface area contributed by atoms with E-state index in [4.69, 9.17) is 17.3 Å². The molecule has 1 aliphatic rings. The fraction of sp³-hybridized carbons (Fsp3) is 0.292. The molecule has 4 rings (SSSR count). The number of benzene rings is 1. The number of aromatic nitrogens is 2. The minimum absolute atomic E-state index is 0. The van der Waals surface area contributed by atoms with Crippen LogP contribution in [0, 0.1) is 25.7 Å². The maximum absolute atomic E-state index is 11.9. The third kappa shape index (κ3) is 5.58. The van der Waals surface area contributed by atoms with Gasteiger partial charge in [-0.25, -0.2) is 4.98 Å². The van der Waals surface area contributed by atoms with Crippen LogP contribution in [0.15, 0.2) is 36.7 Å². The van der Waals surface area contributed by atoms with E-state index in [1.54, 1.807) is 6.20 Å². The van der Waals surface area contributed by atoms with Gasteiger partial charge in [0, 0.05) is 41.4 Å². The van der Waals surface area contributed by atoms with Crippen LogP contribution in [0.4, 0.5) is 11.5 Å². The van der Waals surface area contributed by atoms with Crippen LogP contribution in [0.1, 0.15) is 19.3 Å². The summed E-state index contributed by atoms with van der Waals surface area (Å²) in [5, 5.41) is 4.82. The fourth-order valence-corrected chi connectivity index (χ4v) is 4.71. The zero-order chi connectivity index (χ0) is 22.8. The second-order valence-corrected chi connectivity index (χ2v) is 8.56. The Kier molecular flexibility index (Phi) is 8.88. The number of primary amides is 1. The number of pyridine rings is 1. The average Bonchev–Trinajstić information content (AvgIpc) is 3.40. The molecule has 1 aromatic carbocycles. The summed E-state index contributed by atoms with van der Waals surface area (Å²) in [6.45, 7) is 8.34. The third-order valence-electron chi connectivity index (χ3n) is 6.17. The zero-order valence-corrected chi connectivity index (χ0v) is 22.6. The molecule has 0 spiro atoms. The van der Waals surface area contributed by atoms with E-state index in [1.165, 1.54) is 4.90 Å². The predicted octanol–water partition coefficient (Wildman–Crippen LogP) is 1.20. The number of fused-ring (bicyclic) bond motifs is 1. The number of H-pyrrole nitrogens is 1. The van der Waals surface area contributed by atoms with Gasteiger partial charge in [-0.15, -0.1) is 6.54 Å². The molecule has 0 aliphatic heterocycles. The van der Waals surface area contributed by atoms with Crippen LogP contribution in [-0.2, 0) is 9.59 Å². The quantitative estimate of drug-likeness (QED) is 0.342. The summed E-state index contributed by atoms with van der Waals surface area (Å²) in [6, 6.07) is 7.52. The summed E-state index contributed by atoms with van der Waals surface area (Å²) in [5.74, 6) is 0.533. The number of nitrogens with zero attached hydrogens (tertiary/aromatic N) is 2. The molecule has 0 saturated heterocycles. The van der Waals surface area contributed by atoms with E-state index in [1.807, 2.05) is 30.5 Å². The van der Waals surface area contributed by atoms with Gasteiger partial charge in [0.25, 0.3) is 0 Å². The van der Waals surface area contributed by atoms with E-state index in [2.05, 4.69) is 29.1 Å². The largest absolute Gasteiger partial charge is 1.00 e. The number of hydrogen-bond acceptors (Lipinski definition) is 4. The van der Waals surface area contributed by atoms with Gasteiger partial charge in [-0.2, -0.15) is 0 Å². The molecule has 9 heteroatoms. The summed E-state index contributed by atoms with van der Waals surface area (Å²) >= 11 is 6.62. The molecule has 2 atom stereocenters. The van der Waals surface area contributed by atoms with Gasteiger partial charge in [0.05, 0.1) is 22.1 Å². The molecule has 2 aromatic heterocycles. The molecular weight excluding hydrogens is 465 g/mol. The van der Waals surface area contributed by atoms with Gasteiger partial charge in [0.15, 0.2) is 0 Å². The zero-order valence-electron chi connectivity index (χ0n) is 18.7. The molecule has 2 amide bonds. The smallest absolute Gasteiger partial charge is 0.370 e. The molecule has 1 fully saturated rings. The van der Waals surface area contributed by atoms with Crippen molar-refractivity contribution in [3.8, 4) is 11.1 Å². The summed E-state index contributed by atoms with van der Waals surface area (Å²) in [7, 11) is 0. The maximum atomic E-state index is 11.9. The molecular formula is C24H26ClKN5O2-. The first-order valence-corrected chi connectivity index (χ1v) is 11.0. The van der Waals surface area contributed by atoms with Crippen molar-refractivity contribution < 1.29 is 61.0 Å². The van der Waals surface area contributed by atoms with Gasteiger partial charge in [-0.05, 0) is 37.3 Å². The standard InChI is InChI=1S/C24H26ClN5O2.K/c1-3-30(14(2)31)21-6-4-5-17-18(12-29-23(17)21)19-13-28-22(10-20(19)25)27-11-15-7-8-16(9-15)24(26)32;/h4-6,10,12-13,15-16,29H,1-3,7-9,11H2,(H2,26,32)(H,27,28);/q-2;+1. The number of para-hydroxylation sites is 1. The number of carbonyl (C=O) groups excluding carboxylic acids is 2. The van der Waals surface area contributed by atoms with E-state index in [-0.39, 0.29) is 75.7 Å². The topological polar surface area (TPSA) is 104 Å². The van der Waals surface area contributed by atoms with Crippen molar-refractivity contribution in [2.24, 2.45) is 17.6 Å². The molecule has 7 nitrogen and oxygen atoms in total. The second kappa shape index (κ2) is 11.2. The van der Waals surface area contributed by atoms with E-state index in [0.29, 0.717) is 16.8 Å². The molecule has 0 bridgehead atoms. The van der Waals surface area contributed by atoms with Gasteiger partial charge in [0.2, 0.25) is 5.91 Å². The van der Waals surface area contributed by atoms with Crippen LogP contribution in [0.5, 0.6) is 0 Å². The number of halogens is 1. The predicted molar refractivity (Wildman–Crippen MR) is 128 cm³/mol. The van der Waals surface area contributed by atoms with E-state index < -0.39 is 0 Å². The van der Waals surface area contributed by atoms with Crippen LogP contribution in [0.25, 0.3) is 22.0 Å². The van der Waals surface area contributed by atoms with Crippen LogP contribution in [0.3, 0.4) is 0 Å². The van der Waals surface area contributed by atoms with Crippen molar-refractivity contribution in [2.75, 3.05) is 23.3 Å². The van der Waals surface area contributed by atoms with Gasteiger partial charge >= 0.3 is 51.4 Å². The van der Waals surface area contributed by atoms with E-state index in [9.17, 15) is 9.59 Å². The number of anilines is 2. The maximum Gasteiger partial charge on any atom is 1.00 e. The Bertz CT molecular complexity index is 1160. The molecule has 3 aromatic rings. The van der Waals surface area contributed by atoms with E-state index >= 15 is 0 Å². The Morgan fingerprint density at radius 2 is 2.09 bits per heavy atom. The molecule has 1 saturated carbocycles. The first kappa shape index (κ1) is 26.1. The molecule has 168 valence electrons. The Morgan fingerprint density at radius 1 is 1.30 bits per heavy atom. The van der Waals surface area contributed by atoms with Gasteiger partial charge in [-0.3, -0.25) is 4.79 Å². The summed E-state index contributed by atoms with van der Waals surface area (Å²) in [4.78, 5) is 32.6. The first-order chi connectivity index (χ1) is 15.4. The van der Waals surface area contributed by atoms with Crippen LogP contribution in [0.2, 0.25) is 5.02 Å². The number of carbonyl (C=O) groups is 2. The molecule has 2 unspecified atom stereocenters. The number of rotatable bonds is 7. The summed E-state index contributed by atoms with van der Waals surface area (Å²) in [5.41, 5.74) is 8.64. The molecule has 4 N–H and O–H groups in total. The average molecular weight is 491 g/mol. The van der Waals surface area contributed by atoms with Crippen molar-refractivity contribution in [3.05, 3.63) is 55.5 Å². The molecule has 2 heterocycles. The van der Waals surface area contributed by atoms with Gasteiger partial charge < -0.3 is 39.6 Å². The van der Waals surface area contributed by atoms with Crippen LogP contribution < -0.4 is 67.3 Å². The number of aromatic amines is 1. The Labute approximate surface area is 241 Å². The summed E-state index contributed by atoms with van der Waals surface area (Å²) in [6.07, 6.45) is 6.24. The molecule has 1 aliphatic carbocycles. The van der Waals surface area contributed by atoms with Crippen molar-refractivity contribution >= 4 is 45.8 Å². The first-order valence-electron chi connectivity index (χ1n) is 10.6. The second-order valence-electron chi connectivity index (χ2n) is 8.16. The number of hydrogen-bond donors (Lipinski definition) is 3. The number of amides is 2. The van der Waals surface area contributed by atoms with E-state index in [0.717, 1.165) is 53.5 Å². The third-order valence-corrected chi connectivity index (χ3v) is 6.48. The minimum Gasteiger partial charge on any atom is -0.370 e. The minimum atomic E-state index is -0.316. The normalized spacial score (nSPS) is 17.5. The summed E-state index contributed by atoms with van der Waals surface area (Å²) < 4.78 is 0. The van der Waals surface area contributed by atoms with Gasteiger partial charge in [-0.1, -0.05) is 23.7 Å². The van der Waals surface area contributed by atoms with Gasteiger partial charge in [0.1, 0.15) is 5.82 Å². The monoisotopic (exact) mass is 490 g/mol. The van der Waals surface area contributed by atoms with Crippen LogP contribution >= 0.6 is 11.6 Å². The van der Waals surface area contributed by atoms with Crippen LogP contribution in [-0.4, -0.2) is 34.9 Å². The number of nitrogens with two attached hydrogens (primary N) is 1. The fourth-order valence-electron chi connectivity index (χ4n) is 4.46. The van der Waals surface area contributed by atoms with Crippen molar-refractivity contribution in [3.63, 3.8) is 0 Å². The Balaban J connectivity index is 0.00000306. The van der Waals surface area contributed by atoms with Crippen molar-refractivity contribution in [1.82, 2.24) is 9.97 Å². The SMILES string of the molecule is [CH2-]CN(C([CH2-])=O)c1cccc2c(-c3cnc(NCC4CCC(C(N)=O)C4)cc3Cl)c[nH]c12.[K+]. The Morgan fingerprint density at radius 3 is 2.73 bits per heavy atom. The molecule has 0 radical (unpaired) electrons. The molecule has 33 heavy (non-hydrogen) atoms. The van der Waals surface area contributed by atoms with Crippen molar-refractivity contribution in [1.29, 1.82) is 0 Å².